The third-order valence-electron chi connectivity index (χ3n) is 4.13. The van der Waals surface area contributed by atoms with Crippen LogP contribution in [0, 0.1) is 0 Å². The third kappa shape index (κ3) is 8.24. The van der Waals surface area contributed by atoms with Crippen molar-refractivity contribution in [1.82, 2.24) is 0 Å². The van der Waals surface area contributed by atoms with Gasteiger partial charge in [0.1, 0.15) is 6.54 Å². The number of rotatable bonds is 12. The van der Waals surface area contributed by atoms with Crippen LogP contribution in [0.3, 0.4) is 0 Å². The van der Waals surface area contributed by atoms with Gasteiger partial charge in [0.25, 0.3) is 0 Å². The SMILES string of the molecule is CCCCCCCCC[n+]1cc(CCC)cc(CCC)c1. The highest BCUT2D eigenvalue weighted by atomic mass is 14.9. The van der Waals surface area contributed by atoms with Gasteiger partial charge in [-0.15, -0.1) is 0 Å². The summed E-state index contributed by atoms with van der Waals surface area (Å²) in [5.41, 5.74) is 3.04. The molecule has 1 aromatic heterocycles. The van der Waals surface area contributed by atoms with E-state index in [1.54, 1.807) is 0 Å². The van der Waals surface area contributed by atoms with Crippen LogP contribution in [0.2, 0.25) is 0 Å². The van der Waals surface area contributed by atoms with E-state index in [4.69, 9.17) is 0 Å². The zero-order valence-electron chi connectivity index (χ0n) is 14.7. The summed E-state index contributed by atoms with van der Waals surface area (Å²) in [6.07, 6.45) is 19.4. The molecule has 0 unspecified atom stereocenters. The summed E-state index contributed by atoms with van der Waals surface area (Å²) in [5.74, 6) is 0. The van der Waals surface area contributed by atoms with Gasteiger partial charge in [0.2, 0.25) is 0 Å². The first kappa shape index (κ1) is 18.2. The number of hydrogen-bond donors (Lipinski definition) is 0. The highest BCUT2D eigenvalue weighted by Crippen LogP contribution is 2.09. The highest BCUT2D eigenvalue weighted by Gasteiger charge is 2.07. The lowest BCUT2D eigenvalue weighted by atomic mass is 10.1. The Morgan fingerprint density at radius 2 is 1.19 bits per heavy atom. The fraction of sp³-hybridized carbons (Fsp3) is 0.750. The standard InChI is InChI=1S/C20H36N/c1-4-7-8-9-10-11-12-15-21-17-19(13-5-2)16-20(18-21)14-6-3/h16-18H,4-15H2,1-3H3/q+1. The van der Waals surface area contributed by atoms with E-state index < -0.39 is 0 Å². The number of unbranched alkanes of at least 4 members (excludes halogenated alkanes) is 6. The Balaban J connectivity index is 2.38. The molecule has 0 aromatic carbocycles. The number of nitrogens with zero attached hydrogens (tertiary/aromatic N) is 1. The first-order valence-electron chi connectivity index (χ1n) is 9.32. The molecule has 0 bridgehead atoms. The zero-order chi connectivity index (χ0) is 15.3. The van der Waals surface area contributed by atoms with Crippen molar-refractivity contribution in [3.05, 3.63) is 29.6 Å². The van der Waals surface area contributed by atoms with Crippen LogP contribution >= 0.6 is 0 Å². The Kier molecular flexibility index (Phi) is 10.2. The molecule has 0 saturated carbocycles. The van der Waals surface area contributed by atoms with Crippen LogP contribution in [0.5, 0.6) is 0 Å². The van der Waals surface area contributed by atoms with Gasteiger partial charge in [-0.2, -0.15) is 0 Å². The predicted octanol–water partition coefficient (Wildman–Crippen LogP) is 5.63. The van der Waals surface area contributed by atoms with E-state index >= 15 is 0 Å². The Bertz CT molecular complexity index is 346. The molecule has 0 saturated heterocycles. The second-order valence-corrected chi connectivity index (χ2v) is 6.41. The van der Waals surface area contributed by atoms with Crippen molar-refractivity contribution in [3.8, 4) is 0 Å². The van der Waals surface area contributed by atoms with Crippen molar-refractivity contribution in [2.24, 2.45) is 0 Å². The molecule has 21 heavy (non-hydrogen) atoms. The van der Waals surface area contributed by atoms with E-state index in [2.05, 4.69) is 43.8 Å². The van der Waals surface area contributed by atoms with Crippen molar-refractivity contribution in [1.29, 1.82) is 0 Å². The molecule has 0 spiro atoms. The van der Waals surface area contributed by atoms with Crippen LogP contribution in [0.1, 0.15) is 89.7 Å². The summed E-state index contributed by atoms with van der Waals surface area (Å²) in [5, 5.41) is 0. The minimum atomic E-state index is 1.20. The van der Waals surface area contributed by atoms with Gasteiger partial charge >= 0.3 is 0 Å². The monoisotopic (exact) mass is 290 g/mol. The predicted molar refractivity (Wildman–Crippen MR) is 92.6 cm³/mol. The largest absolute Gasteiger partial charge is 0.205 e. The van der Waals surface area contributed by atoms with Crippen molar-refractivity contribution < 1.29 is 4.57 Å². The fourth-order valence-corrected chi connectivity index (χ4v) is 3.01. The average molecular weight is 291 g/mol. The Labute approximate surface area is 132 Å². The highest BCUT2D eigenvalue weighted by molar-refractivity contribution is 5.15. The first-order valence-corrected chi connectivity index (χ1v) is 9.32. The van der Waals surface area contributed by atoms with Gasteiger partial charge in [-0.05, 0) is 25.3 Å². The van der Waals surface area contributed by atoms with E-state index in [1.165, 1.54) is 88.3 Å². The second-order valence-electron chi connectivity index (χ2n) is 6.41. The van der Waals surface area contributed by atoms with Crippen LogP contribution in [-0.2, 0) is 19.4 Å². The first-order chi connectivity index (χ1) is 10.3. The fourth-order valence-electron chi connectivity index (χ4n) is 3.01. The maximum Gasteiger partial charge on any atom is 0.171 e. The van der Waals surface area contributed by atoms with Gasteiger partial charge in [-0.3, -0.25) is 0 Å². The van der Waals surface area contributed by atoms with Crippen LogP contribution in [0.15, 0.2) is 18.5 Å². The second kappa shape index (κ2) is 11.8. The van der Waals surface area contributed by atoms with E-state index in [0.717, 1.165) is 0 Å². The summed E-state index contributed by atoms with van der Waals surface area (Å²) >= 11 is 0. The van der Waals surface area contributed by atoms with Crippen molar-refractivity contribution in [2.45, 2.75) is 97.9 Å². The van der Waals surface area contributed by atoms with Gasteiger partial charge in [0, 0.05) is 17.5 Å². The number of aryl methyl sites for hydroxylation is 3. The molecule has 0 aliphatic heterocycles. The number of pyridine rings is 1. The number of aromatic nitrogens is 1. The van der Waals surface area contributed by atoms with Crippen LogP contribution in [-0.4, -0.2) is 0 Å². The molecule has 0 aliphatic rings. The molecule has 0 atom stereocenters. The molecule has 0 fully saturated rings. The Morgan fingerprint density at radius 1 is 0.667 bits per heavy atom. The molecule has 0 N–H and O–H groups in total. The van der Waals surface area contributed by atoms with Crippen molar-refractivity contribution in [3.63, 3.8) is 0 Å². The molecular formula is C20H36N+. The lowest BCUT2D eigenvalue weighted by Crippen LogP contribution is -2.34. The van der Waals surface area contributed by atoms with Gasteiger partial charge in [-0.1, -0.05) is 65.7 Å². The molecule has 1 heterocycles. The summed E-state index contributed by atoms with van der Waals surface area (Å²) in [4.78, 5) is 0. The Morgan fingerprint density at radius 3 is 1.71 bits per heavy atom. The van der Waals surface area contributed by atoms with Crippen molar-refractivity contribution in [2.75, 3.05) is 0 Å². The average Bonchev–Trinajstić information content (AvgIpc) is 2.47. The maximum atomic E-state index is 2.45. The molecule has 120 valence electrons. The molecule has 1 heteroatoms. The summed E-state index contributed by atoms with van der Waals surface area (Å²) in [7, 11) is 0. The third-order valence-corrected chi connectivity index (χ3v) is 4.13. The van der Waals surface area contributed by atoms with Gasteiger partial charge < -0.3 is 0 Å². The topological polar surface area (TPSA) is 3.88 Å². The molecule has 0 radical (unpaired) electrons. The maximum absolute atomic E-state index is 2.45. The van der Waals surface area contributed by atoms with Crippen LogP contribution in [0.25, 0.3) is 0 Å². The van der Waals surface area contributed by atoms with E-state index in [9.17, 15) is 0 Å². The molecule has 1 aromatic rings. The summed E-state index contributed by atoms with van der Waals surface area (Å²) < 4.78 is 2.45. The van der Waals surface area contributed by atoms with Crippen LogP contribution in [0.4, 0.5) is 0 Å². The molecule has 1 nitrogen and oxygen atoms in total. The smallest absolute Gasteiger partial charge is 0.171 e. The Hall–Kier alpha value is -0.850. The lowest BCUT2D eigenvalue weighted by Gasteiger charge is -2.05. The van der Waals surface area contributed by atoms with Crippen molar-refractivity contribution >= 4 is 0 Å². The molecule has 0 aliphatic carbocycles. The van der Waals surface area contributed by atoms with Gasteiger partial charge in [0.05, 0.1) is 0 Å². The quantitative estimate of drug-likeness (QED) is 0.347. The molecule has 1 rings (SSSR count). The minimum absolute atomic E-state index is 1.20. The summed E-state index contributed by atoms with van der Waals surface area (Å²) in [6.45, 7) is 8.02. The molecule has 0 amide bonds. The van der Waals surface area contributed by atoms with Crippen LogP contribution < -0.4 is 4.57 Å². The van der Waals surface area contributed by atoms with Gasteiger partial charge in [0.15, 0.2) is 12.4 Å². The lowest BCUT2D eigenvalue weighted by molar-refractivity contribution is -0.698. The summed E-state index contributed by atoms with van der Waals surface area (Å²) in [6, 6.07) is 2.41. The van der Waals surface area contributed by atoms with E-state index in [-0.39, 0.29) is 0 Å². The number of hydrogen-bond acceptors (Lipinski definition) is 0. The zero-order valence-corrected chi connectivity index (χ0v) is 14.7. The van der Waals surface area contributed by atoms with E-state index in [0.29, 0.717) is 0 Å². The molecular weight excluding hydrogens is 254 g/mol. The van der Waals surface area contributed by atoms with Gasteiger partial charge in [-0.25, -0.2) is 4.57 Å². The normalized spacial score (nSPS) is 11.0. The minimum Gasteiger partial charge on any atom is -0.205 e. The van der Waals surface area contributed by atoms with E-state index in [1.807, 2.05) is 0 Å².